The Balaban J connectivity index is 2.48. The molecule has 0 amide bonds. The molecule has 6 heteroatoms. The quantitative estimate of drug-likeness (QED) is 0.916. The average molecular weight is 325 g/mol. The van der Waals surface area contributed by atoms with Crippen LogP contribution in [-0.4, -0.2) is 28.6 Å². The summed E-state index contributed by atoms with van der Waals surface area (Å²) in [6, 6.07) is 7.96. The van der Waals surface area contributed by atoms with Gasteiger partial charge in [-0.1, -0.05) is 23.4 Å². The van der Waals surface area contributed by atoms with Gasteiger partial charge in [-0.2, -0.15) is 0 Å². The number of rotatable bonds is 5. The summed E-state index contributed by atoms with van der Waals surface area (Å²) in [5.74, 6) is 0.873. The number of para-hydroxylation sites is 1. The van der Waals surface area contributed by atoms with E-state index in [1.165, 1.54) is 0 Å². The molecule has 0 saturated heterocycles. The summed E-state index contributed by atoms with van der Waals surface area (Å²) >= 11 is 3.44. The fourth-order valence-electron chi connectivity index (χ4n) is 2.09. The molecule has 0 radical (unpaired) electrons. The maximum Gasteiger partial charge on any atom is 0.153 e. The zero-order valence-electron chi connectivity index (χ0n) is 11.2. The standard InChI is InChI=1S/C13H17BrN4O/c1-4-19-10-8-6-5-7-9(10)11(15-2)12-13(14)16-17-18(12)3/h5-8,11,15H,4H2,1-3H3. The maximum atomic E-state index is 5.69. The molecule has 0 aliphatic heterocycles. The van der Waals surface area contributed by atoms with Crippen LogP contribution in [0.5, 0.6) is 5.75 Å². The van der Waals surface area contributed by atoms with Gasteiger partial charge in [-0.05, 0) is 36.0 Å². The van der Waals surface area contributed by atoms with E-state index in [2.05, 4.69) is 31.6 Å². The minimum absolute atomic E-state index is 0.0304. The second kappa shape index (κ2) is 6.16. The third kappa shape index (κ3) is 2.79. The Morgan fingerprint density at radius 1 is 1.42 bits per heavy atom. The predicted octanol–water partition coefficient (Wildman–Crippen LogP) is 2.29. The summed E-state index contributed by atoms with van der Waals surface area (Å²) in [7, 11) is 3.79. The number of aryl methyl sites for hydroxylation is 1. The minimum Gasteiger partial charge on any atom is -0.494 e. The van der Waals surface area contributed by atoms with E-state index in [9.17, 15) is 0 Å². The smallest absolute Gasteiger partial charge is 0.153 e. The highest BCUT2D eigenvalue weighted by molar-refractivity contribution is 9.10. The van der Waals surface area contributed by atoms with Crippen molar-refractivity contribution < 1.29 is 4.74 Å². The van der Waals surface area contributed by atoms with E-state index in [-0.39, 0.29) is 6.04 Å². The summed E-state index contributed by atoms with van der Waals surface area (Å²) in [5.41, 5.74) is 2.03. The van der Waals surface area contributed by atoms with Crippen molar-refractivity contribution in [3.8, 4) is 5.75 Å². The van der Waals surface area contributed by atoms with Crippen LogP contribution in [0, 0.1) is 0 Å². The van der Waals surface area contributed by atoms with E-state index in [0.717, 1.165) is 21.6 Å². The van der Waals surface area contributed by atoms with Crippen LogP contribution in [0.4, 0.5) is 0 Å². The molecule has 1 atom stereocenters. The van der Waals surface area contributed by atoms with Gasteiger partial charge in [-0.3, -0.25) is 0 Å². The number of benzene rings is 1. The van der Waals surface area contributed by atoms with Gasteiger partial charge in [-0.25, -0.2) is 4.68 Å². The van der Waals surface area contributed by atoms with Gasteiger partial charge in [-0.15, -0.1) is 5.10 Å². The monoisotopic (exact) mass is 324 g/mol. The molecule has 0 spiro atoms. The van der Waals surface area contributed by atoms with Crippen molar-refractivity contribution in [1.82, 2.24) is 20.3 Å². The molecule has 1 heterocycles. The van der Waals surface area contributed by atoms with E-state index in [1.807, 2.05) is 45.3 Å². The summed E-state index contributed by atoms with van der Waals surface area (Å²) < 4.78 is 8.19. The van der Waals surface area contributed by atoms with E-state index in [0.29, 0.717) is 6.61 Å². The first-order chi connectivity index (χ1) is 9.19. The van der Waals surface area contributed by atoms with Crippen LogP contribution in [0.1, 0.15) is 24.2 Å². The lowest BCUT2D eigenvalue weighted by atomic mass is 10.0. The van der Waals surface area contributed by atoms with Gasteiger partial charge in [0.15, 0.2) is 4.60 Å². The Hall–Kier alpha value is -1.40. The Morgan fingerprint density at radius 3 is 2.74 bits per heavy atom. The lowest BCUT2D eigenvalue weighted by Crippen LogP contribution is -2.21. The fraction of sp³-hybridized carbons (Fsp3) is 0.385. The third-order valence-electron chi connectivity index (χ3n) is 2.92. The van der Waals surface area contributed by atoms with Crippen molar-refractivity contribution >= 4 is 15.9 Å². The molecule has 19 heavy (non-hydrogen) atoms. The van der Waals surface area contributed by atoms with E-state index < -0.39 is 0 Å². The first kappa shape index (κ1) is 14.0. The Labute approximate surface area is 121 Å². The van der Waals surface area contributed by atoms with Crippen molar-refractivity contribution in [1.29, 1.82) is 0 Å². The number of halogens is 1. The van der Waals surface area contributed by atoms with Crippen molar-refractivity contribution in [2.45, 2.75) is 13.0 Å². The first-order valence-corrected chi connectivity index (χ1v) is 6.92. The molecule has 1 unspecified atom stereocenters. The van der Waals surface area contributed by atoms with E-state index in [4.69, 9.17) is 4.74 Å². The van der Waals surface area contributed by atoms with Crippen LogP contribution < -0.4 is 10.1 Å². The highest BCUT2D eigenvalue weighted by atomic mass is 79.9. The minimum atomic E-state index is -0.0304. The molecule has 5 nitrogen and oxygen atoms in total. The molecule has 0 saturated carbocycles. The number of hydrogen-bond donors (Lipinski definition) is 1. The lowest BCUT2D eigenvalue weighted by molar-refractivity contribution is 0.333. The first-order valence-electron chi connectivity index (χ1n) is 6.13. The number of ether oxygens (including phenoxy) is 1. The highest BCUT2D eigenvalue weighted by Gasteiger charge is 2.23. The molecule has 0 aliphatic rings. The van der Waals surface area contributed by atoms with Crippen LogP contribution in [0.25, 0.3) is 0 Å². The van der Waals surface area contributed by atoms with Crippen LogP contribution >= 0.6 is 15.9 Å². The van der Waals surface area contributed by atoms with Gasteiger partial charge in [0.05, 0.1) is 18.3 Å². The van der Waals surface area contributed by atoms with Gasteiger partial charge in [0.1, 0.15) is 5.75 Å². The molecule has 2 rings (SSSR count). The van der Waals surface area contributed by atoms with E-state index in [1.54, 1.807) is 4.68 Å². The van der Waals surface area contributed by atoms with Crippen molar-refractivity contribution in [2.24, 2.45) is 7.05 Å². The third-order valence-corrected chi connectivity index (χ3v) is 3.48. The average Bonchev–Trinajstić information content (AvgIpc) is 2.74. The van der Waals surface area contributed by atoms with Gasteiger partial charge >= 0.3 is 0 Å². The summed E-state index contributed by atoms with van der Waals surface area (Å²) in [6.07, 6.45) is 0. The normalized spacial score (nSPS) is 12.4. The van der Waals surface area contributed by atoms with Crippen LogP contribution in [0.3, 0.4) is 0 Å². The largest absolute Gasteiger partial charge is 0.494 e. The molecule has 1 aromatic carbocycles. The molecule has 0 aliphatic carbocycles. The van der Waals surface area contributed by atoms with Crippen molar-refractivity contribution in [3.63, 3.8) is 0 Å². The second-order valence-corrected chi connectivity index (χ2v) is 4.83. The SMILES string of the molecule is CCOc1ccccc1C(NC)c1c(Br)nnn1C. The summed E-state index contributed by atoms with van der Waals surface area (Å²) in [6.45, 7) is 2.62. The number of nitrogens with zero attached hydrogens (tertiary/aromatic N) is 3. The molecule has 0 bridgehead atoms. The van der Waals surface area contributed by atoms with Crippen LogP contribution in [0.15, 0.2) is 28.9 Å². The van der Waals surface area contributed by atoms with Gasteiger partial charge in [0, 0.05) is 12.6 Å². The molecule has 102 valence electrons. The maximum absolute atomic E-state index is 5.69. The van der Waals surface area contributed by atoms with Crippen LogP contribution in [0.2, 0.25) is 0 Å². The number of hydrogen-bond acceptors (Lipinski definition) is 4. The lowest BCUT2D eigenvalue weighted by Gasteiger charge is -2.20. The van der Waals surface area contributed by atoms with Gasteiger partial charge in [0.2, 0.25) is 0 Å². The Kier molecular flexibility index (Phi) is 4.55. The Morgan fingerprint density at radius 2 is 2.16 bits per heavy atom. The topological polar surface area (TPSA) is 52.0 Å². The van der Waals surface area contributed by atoms with Crippen molar-refractivity contribution in [3.05, 3.63) is 40.1 Å². The summed E-state index contributed by atoms with van der Waals surface area (Å²) in [4.78, 5) is 0. The molecule has 1 N–H and O–H groups in total. The molecular formula is C13H17BrN4O. The van der Waals surface area contributed by atoms with Crippen molar-refractivity contribution in [2.75, 3.05) is 13.7 Å². The Bertz CT molecular complexity index is 536. The highest BCUT2D eigenvalue weighted by Crippen LogP contribution is 2.32. The molecule has 2 aromatic rings. The predicted molar refractivity (Wildman–Crippen MR) is 77.2 cm³/mol. The zero-order valence-corrected chi connectivity index (χ0v) is 12.8. The molecule has 0 fully saturated rings. The van der Waals surface area contributed by atoms with Gasteiger partial charge in [0.25, 0.3) is 0 Å². The van der Waals surface area contributed by atoms with E-state index >= 15 is 0 Å². The number of aromatic nitrogens is 3. The second-order valence-electron chi connectivity index (χ2n) is 4.08. The van der Waals surface area contributed by atoms with Gasteiger partial charge < -0.3 is 10.1 Å². The molecular weight excluding hydrogens is 308 g/mol. The zero-order chi connectivity index (χ0) is 13.8. The summed E-state index contributed by atoms with van der Waals surface area (Å²) in [5, 5.41) is 11.4. The number of nitrogens with one attached hydrogen (secondary N) is 1. The van der Waals surface area contributed by atoms with Crippen LogP contribution in [-0.2, 0) is 7.05 Å². The fourth-order valence-corrected chi connectivity index (χ4v) is 2.65. The molecule has 1 aromatic heterocycles.